The minimum Gasteiger partial charge on any atom is -0.479 e. The van der Waals surface area contributed by atoms with Gasteiger partial charge in [-0.2, -0.15) is 0 Å². The number of carbonyl (C=O) groups is 1. The SMILES string of the molecule is Cc1ccc(OCc2cc(C)c(C(=O)O)o2)c([N+](=O)[O-])c1. The summed E-state index contributed by atoms with van der Waals surface area (Å²) in [6.07, 6.45) is 0. The van der Waals surface area contributed by atoms with Crippen LogP contribution in [0.2, 0.25) is 0 Å². The number of nitrogens with zero attached hydrogens (tertiary/aromatic N) is 1. The van der Waals surface area contributed by atoms with Crippen molar-refractivity contribution in [1.29, 1.82) is 0 Å². The standard InChI is InChI=1S/C14H13NO6/c1-8-3-4-12(11(5-8)15(18)19)20-7-10-6-9(2)13(21-10)14(16)17/h3-6H,7H2,1-2H3,(H,16,17). The van der Waals surface area contributed by atoms with Gasteiger partial charge in [-0.25, -0.2) is 4.79 Å². The van der Waals surface area contributed by atoms with Gasteiger partial charge in [-0.15, -0.1) is 0 Å². The second-order valence-corrected chi connectivity index (χ2v) is 4.55. The summed E-state index contributed by atoms with van der Waals surface area (Å²) in [4.78, 5) is 21.3. The number of rotatable bonds is 5. The van der Waals surface area contributed by atoms with Gasteiger partial charge in [0, 0.05) is 11.6 Å². The highest BCUT2D eigenvalue weighted by molar-refractivity contribution is 5.86. The lowest BCUT2D eigenvalue weighted by atomic mass is 10.2. The van der Waals surface area contributed by atoms with E-state index in [4.69, 9.17) is 14.3 Å². The Labute approximate surface area is 119 Å². The molecule has 0 aliphatic rings. The van der Waals surface area contributed by atoms with E-state index in [9.17, 15) is 14.9 Å². The molecule has 0 amide bonds. The number of furan rings is 1. The molecular formula is C14H13NO6. The van der Waals surface area contributed by atoms with Crippen LogP contribution in [0, 0.1) is 24.0 Å². The van der Waals surface area contributed by atoms with E-state index in [1.54, 1.807) is 19.9 Å². The summed E-state index contributed by atoms with van der Waals surface area (Å²) >= 11 is 0. The summed E-state index contributed by atoms with van der Waals surface area (Å²) in [5.41, 5.74) is 1.08. The number of hydrogen-bond acceptors (Lipinski definition) is 5. The molecule has 7 nitrogen and oxygen atoms in total. The van der Waals surface area contributed by atoms with Gasteiger partial charge >= 0.3 is 11.7 Å². The Kier molecular flexibility index (Phi) is 3.93. The molecule has 0 aliphatic heterocycles. The quantitative estimate of drug-likeness (QED) is 0.670. The van der Waals surface area contributed by atoms with Crippen LogP contribution in [-0.4, -0.2) is 16.0 Å². The van der Waals surface area contributed by atoms with E-state index < -0.39 is 10.9 Å². The maximum atomic E-state index is 11.0. The van der Waals surface area contributed by atoms with Crippen molar-refractivity contribution in [2.75, 3.05) is 0 Å². The first kappa shape index (κ1) is 14.6. The number of benzene rings is 1. The Morgan fingerprint density at radius 1 is 1.38 bits per heavy atom. The first-order chi connectivity index (χ1) is 9.88. The molecule has 110 valence electrons. The van der Waals surface area contributed by atoms with Gasteiger partial charge in [0.25, 0.3) is 0 Å². The van der Waals surface area contributed by atoms with Gasteiger partial charge in [0.15, 0.2) is 5.75 Å². The van der Waals surface area contributed by atoms with Crippen molar-refractivity contribution in [2.24, 2.45) is 0 Å². The van der Waals surface area contributed by atoms with Crippen LogP contribution < -0.4 is 4.74 Å². The van der Waals surface area contributed by atoms with E-state index in [0.717, 1.165) is 5.56 Å². The summed E-state index contributed by atoms with van der Waals surface area (Å²) in [7, 11) is 0. The number of carboxylic acid groups (broad SMARTS) is 1. The van der Waals surface area contributed by atoms with Gasteiger partial charge in [-0.1, -0.05) is 6.07 Å². The summed E-state index contributed by atoms with van der Waals surface area (Å²) in [5.74, 6) is -0.927. The van der Waals surface area contributed by atoms with E-state index >= 15 is 0 Å². The molecule has 0 radical (unpaired) electrons. The van der Waals surface area contributed by atoms with E-state index in [1.165, 1.54) is 18.2 Å². The highest BCUT2D eigenvalue weighted by Gasteiger charge is 2.18. The highest BCUT2D eigenvalue weighted by atomic mass is 16.6. The van der Waals surface area contributed by atoms with Crippen LogP contribution in [0.4, 0.5) is 5.69 Å². The summed E-state index contributed by atoms with van der Waals surface area (Å²) < 4.78 is 10.5. The van der Waals surface area contributed by atoms with Crippen LogP contribution in [0.1, 0.15) is 27.4 Å². The normalized spacial score (nSPS) is 10.4. The van der Waals surface area contributed by atoms with Crippen LogP contribution in [0.15, 0.2) is 28.7 Å². The number of nitro benzene ring substituents is 1. The molecule has 0 spiro atoms. The lowest BCUT2D eigenvalue weighted by molar-refractivity contribution is -0.386. The second kappa shape index (κ2) is 5.66. The maximum absolute atomic E-state index is 11.0. The lowest BCUT2D eigenvalue weighted by Crippen LogP contribution is -1.99. The molecule has 2 rings (SSSR count). The molecule has 21 heavy (non-hydrogen) atoms. The van der Waals surface area contributed by atoms with Crippen molar-refractivity contribution in [2.45, 2.75) is 20.5 Å². The minimum atomic E-state index is -1.17. The van der Waals surface area contributed by atoms with Gasteiger partial charge in [0.1, 0.15) is 12.4 Å². The van der Waals surface area contributed by atoms with Crippen LogP contribution in [0.5, 0.6) is 5.75 Å². The molecule has 0 aliphatic carbocycles. The smallest absolute Gasteiger partial charge is 0.372 e. The highest BCUT2D eigenvalue weighted by Crippen LogP contribution is 2.28. The zero-order valence-electron chi connectivity index (χ0n) is 11.5. The van der Waals surface area contributed by atoms with Crippen molar-refractivity contribution < 1.29 is 24.0 Å². The fraction of sp³-hybridized carbons (Fsp3) is 0.214. The number of ether oxygens (including phenoxy) is 1. The molecule has 0 unspecified atom stereocenters. The molecular weight excluding hydrogens is 278 g/mol. The van der Waals surface area contributed by atoms with E-state index in [-0.39, 0.29) is 23.8 Å². The van der Waals surface area contributed by atoms with Gasteiger partial charge in [-0.05, 0) is 31.5 Å². The van der Waals surface area contributed by atoms with Gasteiger partial charge in [0.2, 0.25) is 5.76 Å². The monoisotopic (exact) mass is 291 g/mol. The van der Waals surface area contributed by atoms with Crippen LogP contribution in [-0.2, 0) is 6.61 Å². The molecule has 1 N–H and O–H groups in total. The van der Waals surface area contributed by atoms with Crippen molar-refractivity contribution in [3.8, 4) is 5.75 Å². The molecule has 0 saturated heterocycles. The Hall–Kier alpha value is -2.83. The van der Waals surface area contributed by atoms with Crippen molar-refractivity contribution in [3.63, 3.8) is 0 Å². The molecule has 0 atom stereocenters. The number of hydrogen-bond donors (Lipinski definition) is 1. The van der Waals surface area contributed by atoms with Gasteiger partial charge < -0.3 is 14.3 Å². The third-order valence-electron chi connectivity index (χ3n) is 2.84. The van der Waals surface area contributed by atoms with E-state index in [1.807, 2.05) is 0 Å². The van der Waals surface area contributed by atoms with Crippen LogP contribution >= 0.6 is 0 Å². The zero-order chi connectivity index (χ0) is 15.6. The number of carboxylic acids is 1. The minimum absolute atomic E-state index is 0.0853. The Morgan fingerprint density at radius 2 is 2.10 bits per heavy atom. The zero-order valence-corrected chi connectivity index (χ0v) is 11.5. The molecule has 1 aromatic heterocycles. The predicted molar refractivity (Wildman–Crippen MR) is 72.6 cm³/mol. The first-order valence-corrected chi connectivity index (χ1v) is 6.09. The van der Waals surface area contributed by atoms with Crippen molar-refractivity contribution in [3.05, 3.63) is 57.0 Å². The molecule has 0 bridgehead atoms. The Balaban J connectivity index is 2.19. The molecule has 7 heteroatoms. The third kappa shape index (κ3) is 3.19. The summed E-state index contributed by atoms with van der Waals surface area (Å²) in [6.45, 7) is 3.26. The Bertz CT molecular complexity index is 703. The number of aryl methyl sites for hydroxylation is 2. The summed E-state index contributed by atoms with van der Waals surface area (Å²) in [6, 6.07) is 6.13. The maximum Gasteiger partial charge on any atom is 0.372 e. The fourth-order valence-corrected chi connectivity index (χ4v) is 1.87. The second-order valence-electron chi connectivity index (χ2n) is 4.55. The average Bonchev–Trinajstić information content (AvgIpc) is 2.78. The third-order valence-corrected chi connectivity index (χ3v) is 2.84. The first-order valence-electron chi connectivity index (χ1n) is 6.09. The molecule has 1 heterocycles. The Morgan fingerprint density at radius 3 is 2.67 bits per heavy atom. The molecule has 2 aromatic rings. The largest absolute Gasteiger partial charge is 0.479 e. The van der Waals surface area contributed by atoms with E-state index in [2.05, 4.69) is 0 Å². The van der Waals surface area contributed by atoms with Gasteiger partial charge in [-0.3, -0.25) is 10.1 Å². The topological polar surface area (TPSA) is 103 Å². The predicted octanol–water partition coefficient (Wildman–Crippen LogP) is 3.08. The van der Waals surface area contributed by atoms with Crippen LogP contribution in [0.3, 0.4) is 0 Å². The number of aromatic carboxylic acids is 1. The molecule has 0 saturated carbocycles. The fourth-order valence-electron chi connectivity index (χ4n) is 1.87. The molecule has 1 aromatic carbocycles. The van der Waals surface area contributed by atoms with Crippen molar-refractivity contribution >= 4 is 11.7 Å². The van der Waals surface area contributed by atoms with Gasteiger partial charge in [0.05, 0.1) is 4.92 Å². The summed E-state index contributed by atoms with van der Waals surface area (Å²) in [5, 5.41) is 19.8. The van der Waals surface area contributed by atoms with Crippen molar-refractivity contribution in [1.82, 2.24) is 0 Å². The van der Waals surface area contributed by atoms with E-state index in [0.29, 0.717) is 11.3 Å². The van der Waals surface area contributed by atoms with Crippen LogP contribution in [0.25, 0.3) is 0 Å². The number of nitro groups is 1. The molecule has 0 fully saturated rings. The lowest BCUT2D eigenvalue weighted by Gasteiger charge is -2.05. The average molecular weight is 291 g/mol.